The van der Waals surface area contributed by atoms with Gasteiger partial charge in [0.15, 0.2) is 0 Å². The summed E-state index contributed by atoms with van der Waals surface area (Å²) in [5, 5.41) is 3.41. The van der Waals surface area contributed by atoms with Gasteiger partial charge in [-0.2, -0.15) is 0 Å². The van der Waals surface area contributed by atoms with Crippen LogP contribution in [0.2, 0.25) is 0 Å². The van der Waals surface area contributed by atoms with E-state index < -0.39 is 0 Å². The summed E-state index contributed by atoms with van der Waals surface area (Å²) in [6.07, 6.45) is 5.67. The first kappa shape index (κ1) is 9.82. The standard InChI is InChI=1S/C8H14BrN.ClH/c9-7-5-8(6-7)1-3-10-4-2-8;/h7,10H,1-6H2;1H. The van der Waals surface area contributed by atoms with Crippen molar-refractivity contribution in [3.63, 3.8) is 0 Å². The molecule has 0 unspecified atom stereocenters. The van der Waals surface area contributed by atoms with Crippen LogP contribution in [0.15, 0.2) is 0 Å². The predicted octanol–water partition coefficient (Wildman–Crippen LogP) is 2.34. The molecule has 0 bridgehead atoms. The summed E-state index contributed by atoms with van der Waals surface area (Å²) >= 11 is 3.65. The summed E-state index contributed by atoms with van der Waals surface area (Å²) in [4.78, 5) is 0.839. The first-order valence-electron chi connectivity index (χ1n) is 4.16. The Balaban J connectivity index is 0.000000605. The number of alkyl halides is 1. The number of hydrogen-bond acceptors (Lipinski definition) is 1. The van der Waals surface area contributed by atoms with E-state index in [-0.39, 0.29) is 12.4 Å². The smallest absolute Gasteiger partial charge is 0.0156 e. The topological polar surface area (TPSA) is 12.0 Å². The van der Waals surface area contributed by atoms with Crippen LogP contribution in [0.25, 0.3) is 0 Å². The van der Waals surface area contributed by atoms with Crippen LogP contribution in [0.4, 0.5) is 0 Å². The van der Waals surface area contributed by atoms with E-state index in [0.29, 0.717) is 0 Å². The molecule has 2 rings (SSSR count). The Kier molecular flexibility index (Phi) is 3.24. The first-order valence-corrected chi connectivity index (χ1v) is 5.07. The van der Waals surface area contributed by atoms with Gasteiger partial charge in [-0.05, 0) is 44.2 Å². The summed E-state index contributed by atoms with van der Waals surface area (Å²) in [6, 6.07) is 0. The van der Waals surface area contributed by atoms with Gasteiger partial charge >= 0.3 is 0 Å². The van der Waals surface area contributed by atoms with Gasteiger partial charge in [0.25, 0.3) is 0 Å². The van der Waals surface area contributed by atoms with E-state index in [4.69, 9.17) is 0 Å². The van der Waals surface area contributed by atoms with Gasteiger partial charge in [0.05, 0.1) is 0 Å². The summed E-state index contributed by atoms with van der Waals surface area (Å²) < 4.78 is 0. The highest BCUT2D eigenvalue weighted by Gasteiger charge is 2.42. The summed E-state index contributed by atoms with van der Waals surface area (Å²) in [5.74, 6) is 0. The molecule has 0 atom stereocenters. The van der Waals surface area contributed by atoms with E-state index in [9.17, 15) is 0 Å². The van der Waals surface area contributed by atoms with Crippen LogP contribution in [0, 0.1) is 5.41 Å². The summed E-state index contributed by atoms with van der Waals surface area (Å²) in [7, 11) is 0. The average molecular weight is 241 g/mol. The number of hydrogen-bond donors (Lipinski definition) is 1. The second-order valence-corrected chi connectivity index (χ2v) is 5.05. The van der Waals surface area contributed by atoms with Crippen molar-refractivity contribution in [2.24, 2.45) is 5.41 Å². The second-order valence-electron chi connectivity index (χ2n) is 3.76. The molecular weight excluding hydrogens is 225 g/mol. The lowest BCUT2D eigenvalue weighted by Gasteiger charge is -2.48. The van der Waals surface area contributed by atoms with Crippen LogP contribution in [0.5, 0.6) is 0 Å². The van der Waals surface area contributed by atoms with E-state index in [0.717, 1.165) is 10.2 Å². The molecule has 0 radical (unpaired) electrons. The maximum absolute atomic E-state index is 3.65. The minimum Gasteiger partial charge on any atom is -0.317 e. The minimum absolute atomic E-state index is 0. The largest absolute Gasteiger partial charge is 0.317 e. The van der Waals surface area contributed by atoms with Crippen molar-refractivity contribution in [2.75, 3.05) is 13.1 Å². The number of rotatable bonds is 0. The van der Waals surface area contributed by atoms with Gasteiger partial charge in [0, 0.05) is 4.83 Å². The fraction of sp³-hybridized carbons (Fsp3) is 1.00. The summed E-state index contributed by atoms with van der Waals surface area (Å²) in [5.41, 5.74) is 0.763. The fourth-order valence-electron chi connectivity index (χ4n) is 2.25. The maximum Gasteiger partial charge on any atom is 0.0156 e. The maximum atomic E-state index is 3.65. The fourth-order valence-corrected chi connectivity index (χ4v) is 3.62. The van der Waals surface area contributed by atoms with Crippen LogP contribution in [0.1, 0.15) is 25.7 Å². The molecule has 2 aliphatic rings. The van der Waals surface area contributed by atoms with Crippen molar-refractivity contribution in [3.8, 4) is 0 Å². The Hall–Kier alpha value is 0.730. The van der Waals surface area contributed by atoms with Gasteiger partial charge in [-0.25, -0.2) is 0 Å². The first-order chi connectivity index (χ1) is 4.81. The number of halogens is 2. The molecule has 2 fully saturated rings. The van der Waals surface area contributed by atoms with Crippen LogP contribution in [-0.2, 0) is 0 Å². The van der Waals surface area contributed by atoms with E-state index in [1.54, 1.807) is 0 Å². The Morgan fingerprint density at radius 3 is 2.18 bits per heavy atom. The van der Waals surface area contributed by atoms with E-state index in [1.165, 1.54) is 38.8 Å². The lowest BCUT2D eigenvalue weighted by molar-refractivity contribution is 0.0965. The SMILES string of the molecule is BrC1CC2(CCNCC2)C1.Cl. The van der Waals surface area contributed by atoms with Crippen molar-refractivity contribution in [2.45, 2.75) is 30.5 Å². The molecule has 1 saturated heterocycles. The van der Waals surface area contributed by atoms with Gasteiger partial charge in [-0.15, -0.1) is 12.4 Å². The zero-order valence-electron chi connectivity index (χ0n) is 6.61. The quantitative estimate of drug-likeness (QED) is 0.641. The monoisotopic (exact) mass is 239 g/mol. The molecule has 66 valence electrons. The second kappa shape index (κ2) is 3.63. The third-order valence-electron chi connectivity index (χ3n) is 2.97. The lowest BCUT2D eigenvalue weighted by Crippen LogP contribution is -2.45. The third-order valence-corrected chi connectivity index (χ3v) is 3.62. The Morgan fingerprint density at radius 1 is 1.18 bits per heavy atom. The molecule has 1 aliphatic carbocycles. The molecule has 1 nitrogen and oxygen atoms in total. The van der Waals surface area contributed by atoms with E-state index >= 15 is 0 Å². The lowest BCUT2D eigenvalue weighted by atomic mass is 9.63. The molecule has 11 heavy (non-hydrogen) atoms. The van der Waals surface area contributed by atoms with Gasteiger partial charge < -0.3 is 5.32 Å². The Labute approximate surface area is 82.9 Å². The highest BCUT2D eigenvalue weighted by atomic mass is 79.9. The molecule has 1 heterocycles. The molecule has 1 saturated carbocycles. The zero-order chi connectivity index (χ0) is 7.03. The summed E-state index contributed by atoms with van der Waals surface area (Å²) in [6.45, 7) is 2.50. The molecule has 3 heteroatoms. The van der Waals surface area contributed by atoms with Gasteiger partial charge in [0.2, 0.25) is 0 Å². The molecule has 0 aromatic carbocycles. The van der Waals surface area contributed by atoms with Crippen LogP contribution in [0.3, 0.4) is 0 Å². The number of piperidine rings is 1. The molecule has 1 N–H and O–H groups in total. The van der Waals surface area contributed by atoms with E-state index in [1.807, 2.05) is 0 Å². The van der Waals surface area contributed by atoms with Crippen LogP contribution < -0.4 is 5.32 Å². The normalized spacial score (nSPS) is 29.2. The van der Waals surface area contributed by atoms with E-state index in [2.05, 4.69) is 21.2 Å². The average Bonchev–Trinajstić information content (AvgIpc) is 1.87. The molecule has 0 aromatic heterocycles. The van der Waals surface area contributed by atoms with Gasteiger partial charge in [-0.3, -0.25) is 0 Å². The van der Waals surface area contributed by atoms with Crippen molar-refractivity contribution in [1.82, 2.24) is 5.32 Å². The van der Waals surface area contributed by atoms with Gasteiger partial charge in [0.1, 0.15) is 0 Å². The Morgan fingerprint density at radius 2 is 1.73 bits per heavy atom. The third kappa shape index (κ3) is 1.90. The van der Waals surface area contributed by atoms with Crippen molar-refractivity contribution >= 4 is 28.3 Å². The van der Waals surface area contributed by atoms with Crippen molar-refractivity contribution in [1.29, 1.82) is 0 Å². The molecule has 0 amide bonds. The van der Waals surface area contributed by atoms with Crippen LogP contribution in [-0.4, -0.2) is 17.9 Å². The molecule has 0 aromatic rings. The van der Waals surface area contributed by atoms with Gasteiger partial charge in [-0.1, -0.05) is 15.9 Å². The van der Waals surface area contributed by atoms with Crippen molar-refractivity contribution in [3.05, 3.63) is 0 Å². The molecule has 1 spiro atoms. The van der Waals surface area contributed by atoms with Crippen LogP contribution >= 0.6 is 28.3 Å². The zero-order valence-corrected chi connectivity index (χ0v) is 9.01. The number of nitrogens with one attached hydrogen (secondary N) is 1. The predicted molar refractivity (Wildman–Crippen MR) is 53.7 cm³/mol. The molecular formula is C8H15BrClN. The molecule has 1 aliphatic heterocycles. The minimum atomic E-state index is 0. The highest BCUT2D eigenvalue weighted by molar-refractivity contribution is 9.09. The Bertz CT molecular complexity index is 119. The van der Waals surface area contributed by atoms with Crippen molar-refractivity contribution < 1.29 is 0 Å². The highest BCUT2D eigenvalue weighted by Crippen LogP contribution is 2.50.